The quantitative estimate of drug-likeness (QED) is 0.0163. The van der Waals surface area contributed by atoms with Crippen LogP contribution >= 0.6 is 0 Å². The number of para-hydroxylation sites is 1. The number of nitrogens with zero attached hydrogens (tertiary/aromatic N) is 1. The number of carbonyl (C=O) groups is 9. The van der Waals surface area contributed by atoms with Gasteiger partial charge in [-0.2, -0.15) is 0 Å². The Labute approximate surface area is 641 Å². The lowest BCUT2D eigenvalue weighted by molar-refractivity contribution is -0.234. The number of ether oxygens (including phenoxy) is 8. The summed E-state index contributed by atoms with van der Waals surface area (Å²) in [7, 11) is 0. The van der Waals surface area contributed by atoms with Crippen LogP contribution in [0.5, 0.6) is 5.75 Å². The second kappa shape index (κ2) is 39.6. The Bertz CT molecular complexity index is 4020. The summed E-state index contributed by atoms with van der Waals surface area (Å²) in [5, 5.41) is 25.3. The number of amides is 7. The van der Waals surface area contributed by atoms with Crippen LogP contribution in [0.2, 0.25) is 0 Å². The SMILES string of the molecule is CCCC1O[C@@H]2C[C@H]3[C@@H]4C[C@H](F)C5=CC(=O)C=C[C@]5(C)[C@@]4(F)[C@@H](O)C[C@]3(C)[C@]2(C(=O)COc2ccc(NC(=O)OCC)cc2)O1.Cc1ccc(NC(=O)[C@H](CCCNC(N)=O)CC(=O)[C@@H](NC(=O)CCOCCOCCOCCOCCNC(=O)CCC(=O)N2Cc3ccccc3C#Cc3ccccc32)C(C)C)cc1. The molecule has 4 aromatic rings. The molecule has 4 aromatic carbocycles. The molecule has 1 saturated heterocycles. The van der Waals surface area contributed by atoms with Crippen LogP contribution in [0, 0.1) is 53.3 Å². The minimum Gasteiger partial charge on any atom is -0.486 e. The van der Waals surface area contributed by atoms with Gasteiger partial charge in [-0.25, -0.2) is 18.4 Å². The van der Waals surface area contributed by atoms with Crippen molar-refractivity contribution >= 4 is 70.2 Å². The number of Topliss-reactive ketones (excluding diaryl/α,β-unsaturated/α-hetero) is 2. The molecule has 110 heavy (non-hydrogen) atoms. The molecule has 0 spiro atoms. The van der Waals surface area contributed by atoms with Crippen molar-refractivity contribution in [3.63, 3.8) is 0 Å². The first-order valence-corrected chi connectivity index (χ1v) is 38.0. The number of nitrogens with one attached hydrogen (secondary N) is 5. The van der Waals surface area contributed by atoms with E-state index in [4.69, 9.17) is 43.6 Å². The van der Waals surface area contributed by atoms with Crippen molar-refractivity contribution in [3.05, 3.63) is 143 Å². The number of benzene rings is 4. The number of ketones is 3. The molecule has 0 bridgehead atoms. The van der Waals surface area contributed by atoms with E-state index in [-0.39, 0.29) is 119 Å². The van der Waals surface area contributed by atoms with Gasteiger partial charge in [-0.3, -0.25) is 38.9 Å². The number of hydrogen-bond acceptors (Lipinski definition) is 18. The van der Waals surface area contributed by atoms with E-state index in [1.807, 2.05) is 95.3 Å². The highest BCUT2D eigenvalue weighted by Gasteiger charge is 2.80. The van der Waals surface area contributed by atoms with Gasteiger partial charge in [-0.15, -0.1) is 0 Å². The predicted octanol–water partition coefficient (Wildman–Crippen LogP) is 9.81. The molecule has 8 N–H and O–H groups in total. The number of urea groups is 1. The molecule has 2 heterocycles. The first kappa shape index (κ1) is 84.7. The van der Waals surface area contributed by atoms with E-state index in [1.54, 1.807) is 55.1 Å². The van der Waals surface area contributed by atoms with Crippen molar-refractivity contribution in [3.8, 4) is 17.6 Å². The first-order valence-electron chi connectivity index (χ1n) is 38.0. The summed E-state index contributed by atoms with van der Waals surface area (Å²) < 4.78 is 79.3. The third-order valence-corrected chi connectivity index (χ3v) is 21.5. The van der Waals surface area contributed by atoms with Gasteiger partial charge in [0.25, 0.3) is 0 Å². The zero-order valence-corrected chi connectivity index (χ0v) is 63.8. The number of aryl methyl sites for hydroxylation is 1. The summed E-state index contributed by atoms with van der Waals surface area (Å²) in [5.41, 5.74) is 4.23. The number of halogens is 2. The average molecular weight is 1530 g/mol. The standard InChI is InChI=1S/C49H64N6O10.C34H41F2NO8/c1-35(2)47(43(56)33-39(12-8-23-52-49(50)61)48(60)53-41-18-14-36(3)15-19-41)54-45(58)22-25-62-27-29-64-31-32-65-30-28-63-26-24-51-44(57)20-21-46(59)55-34-40-11-5-4-9-37(40)16-17-38-10-6-7-13-42(38)55;1-5-7-29-44-28-16-22-23-15-25(35)24-14-20(38)12-13-31(24,3)33(23,36)26(39)17-32(22,4)34(28,45-29)27(40)18-43-21-10-8-19(9-11-21)37-30(41)42-6-2/h4-7,9-11,13-15,18-19,35,39,47H,8,12,20-34H2,1-3H3,(H,51,57)(H,53,60)(H,54,58)(H3,50,52,61);8-14,22-23,25-26,28-29,39H,5-7,15-18H2,1-4H3,(H,37,41)/t39-,47+;22-,23-,25-,26-,28+,29?,31-,32-,33-,34+/m10/s1. The van der Waals surface area contributed by atoms with E-state index in [1.165, 1.54) is 12.2 Å². The molecule has 6 aliphatic rings. The molecule has 25 nitrogen and oxygen atoms in total. The maximum absolute atomic E-state index is 17.6. The topological polar surface area (TPSA) is 337 Å². The summed E-state index contributed by atoms with van der Waals surface area (Å²) in [6.45, 7) is 15.8. The van der Waals surface area contributed by atoms with Gasteiger partial charge in [0.1, 0.15) is 18.5 Å². The minimum absolute atomic E-state index is 0.0411. The fourth-order valence-electron chi connectivity index (χ4n) is 15.9. The van der Waals surface area contributed by atoms with Crippen LogP contribution < -0.4 is 42.0 Å². The Balaban J connectivity index is 0.000000269. The van der Waals surface area contributed by atoms with E-state index in [9.17, 15) is 48.3 Å². The van der Waals surface area contributed by atoms with E-state index in [0.29, 0.717) is 89.1 Å². The molecule has 1 unspecified atom stereocenters. The monoisotopic (exact) mass is 1530 g/mol. The van der Waals surface area contributed by atoms with Gasteiger partial charge < -0.3 is 74.9 Å². The number of aliphatic hydroxyl groups excluding tert-OH is 1. The highest BCUT2D eigenvalue weighted by atomic mass is 19.1. The molecule has 0 radical (unpaired) electrons. The molecule has 594 valence electrons. The lowest BCUT2D eigenvalue weighted by Crippen LogP contribution is -2.71. The Hall–Kier alpha value is -9.27. The smallest absolute Gasteiger partial charge is 0.411 e. The summed E-state index contributed by atoms with van der Waals surface area (Å²) in [5.74, 6) is 2.22. The maximum atomic E-state index is 17.6. The maximum Gasteiger partial charge on any atom is 0.411 e. The zero-order valence-electron chi connectivity index (χ0n) is 63.8. The summed E-state index contributed by atoms with van der Waals surface area (Å²) in [4.78, 5) is 116. The van der Waals surface area contributed by atoms with Crippen molar-refractivity contribution in [2.24, 2.45) is 40.2 Å². The van der Waals surface area contributed by atoms with E-state index in [2.05, 4.69) is 38.4 Å². The lowest BCUT2D eigenvalue weighted by atomic mass is 9.44. The predicted molar refractivity (Wildman–Crippen MR) is 406 cm³/mol. The number of primary amides is 1. The normalized spacial score (nSPS) is 24.3. The van der Waals surface area contributed by atoms with Gasteiger partial charge >= 0.3 is 12.1 Å². The molecule has 12 atom stereocenters. The largest absolute Gasteiger partial charge is 0.486 e. The van der Waals surface area contributed by atoms with Crippen LogP contribution in [0.1, 0.15) is 134 Å². The minimum atomic E-state index is -2.27. The van der Waals surface area contributed by atoms with Gasteiger partial charge in [0.2, 0.25) is 29.4 Å². The number of carbonyl (C=O) groups excluding carboxylic acids is 9. The van der Waals surface area contributed by atoms with Crippen LogP contribution in [0.25, 0.3) is 0 Å². The zero-order chi connectivity index (χ0) is 79.2. The van der Waals surface area contributed by atoms with E-state index in [0.717, 1.165) is 40.4 Å². The van der Waals surface area contributed by atoms with Crippen LogP contribution in [-0.4, -0.2) is 179 Å². The molecule has 27 heteroatoms. The fraction of sp³-hybridized carbons (Fsp3) is 0.530. The Kier molecular flexibility index (Phi) is 30.5. The van der Waals surface area contributed by atoms with Crippen LogP contribution in [0.15, 0.2) is 121 Å². The number of allylic oxidation sites excluding steroid dienone is 4. The number of aliphatic hydroxyl groups is 1. The highest BCUT2D eigenvalue weighted by Crippen LogP contribution is 2.72. The number of nitrogens with two attached hydrogens (primary N) is 1. The number of rotatable bonds is 37. The molecule has 7 amide bonds. The second-order valence-corrected chi connectivity index (χ2v) is 29.3. The third-order valence-electron chi connectivity index (χ3n) is 21.5. The van der Waals surface area contributed by atoms with Gasteiger partial charge in [0.15, 0.2) is 29.1 Å². The fourth-order valence-corrected chi connectivity index (χ4v) is 15.9. The van der Waals surface area contributed by atoms with Gasteiger partial charge in [-0.1, -0.05) is 100 Å². The Morgan fingerprint density at radius 1 is 0.755 bits per heavy atom. The average Bonchev–Trinajstić information content (AvgIpc) is 1.44. The van der Waals surface area contributed by atoms with Gasteiger partial charge in [-0.05, 0) is 149 Å². The molecule has 4 fully saturated rings. The molecular weight excluding hydrogens is 1420 g/mol. The number of anilines is 3. The Morgan fingerprint density at radius 3 is 2.08 bits per heavy atom. The van der Waals surface area contributed by atoms with Crippen molar-refractivity contribution < 1.29 is 94.9 Å². The lowest BCUT2D eigenvalue weighted by Gasteiger charge is -2.63. The summed E-state index contributed by atoms with van der Waals surface area (Å²) in [6.07, 6.45) is 0.684. The van der Waals surface area contributed by atoms with Crippen LogP contribution in [0.4, 0.5) is 35.4 Å². The molecule has 2 aliphatic heterocycles. The molecule has 10 rings (SSSR count). The van der Waals surface area contributed by atoms with E-state index >= 15 is 8.78 Å². The Morgan fingerprint density at radius 2 is 1.40 bits per heavy atom. The number of alkyl halides is 2. The van der Waals surface area contributed by atoms with Gasteiger partial charge in [0.05, 0.1) is 89.9 Å². The molecule has 4 aliphatic carbocycles. The van der Waals surface area contributed by atoms with Gasteiger partial charge in [0, 0.05) is 83.9 Å². The summed E-state index contributed by atoms with van der Waals surface area (Å²) >= 11 is 0. The van der Waals surface area contributed by atoms with Crippen LogP contribution in [-0.2, 0) is 73.3 Å². The number of hydrogen-bond donors (Lipinski definition) is 7. The first-order chi connectivity index (χ1) is 52.7. The van der Waals surface area contributed by atoms with Crippen molar-refractivity contribution in [1.29, 1.82) is 0 Å². The highest BCUT2D eigenvalue weighted by molar-refractivity contribution is 6.02. The molecule has 0 aromatic heterocycles. The van der Waals surface area contributed by atoms with Crippen LogP contribution in [0.3, 0.4) is 0 Å². The third kappa shape index (κ3) is 20.8. The van der Waals surface area contributed by atoms with E-state index < -0.39 is 94.3 Å². The number of fused-ring (bicyclic) bond motifs is 9. The molecule has 3 saturated carbocycles. The second-order valence-electron chi connectivity index (χ2n) is 29.3. The van der Waals surface area contributed by atoms with Crippen molar-refractivity contribution in [2.45, 2.75) is 168 Å². The summed E-state index contributed by atoms with van der Waals surface area (Å²) in [6, 6.07) is 27.6. The van der Waals surface area contributed by atoms with Crippen molar-refractivity contribution in [2.75, 3.05) is 94.7 Å². The molecular formula is C83H105F2N7O18. The van der Waals surface area contributed by atoms with Crippen molar-refractivity contribution in [1.82, 2.24) is 16.0 Å².